The van der Waals surface area contributed by atoms with Crippen molar-refractivity contribution in [2.24, 2.45) is 5.41 Å². The molecule has 4 nitrogen and oxygen atoms in total. The van der Waals surface area contributed by atoms with Crippen LogP contribution in [0.4, 0.5) is 0 Å². The van der Waals surface area contributed by atoms with Crippen LogP contribution in [-0.4, -0.2) is 30.3 Å². The number of rotatable bonds is 6. The van der Waals surface area contributed by atoms with Crippen molar-refractivity contribution in [2.45, 2.75) is 40.2 Å². The summed E-state index contributed by atoms with van der Waals surface area (Å²) in [6, 6.07) is 7.33. The number of carbonyl (C=O) groups is 1. The molecule has 20 heavy (non-hydrogen) atoms. The minimum atomic E-state index is -0.233. The van der Waals surface area contributed by atoms with Crippen LogP contribution < -0.4 is 10.1 Å². The summed E-state index contributed by atoms with van der Waals surface area (Å²) in [5.74, 6) is 0.496. The molecule has 2 N–H and O–H groups in total. The van der Waals surface area contributed by atoms with E-state index in [4.69, 9.17) is 4.74 Å². The molecule has 0 aliphatic heterocycles. The average molecular weight is 279 g/mol. The molecule has 0 aliphatic rings. The van der Waals surface area contributed by atoms with Crippen molar-refractivity contribution < 1.29 is 14.6 Å². The summed E-state index contributed by atoms with van der Waals surface area (Å²) >= 11 is 0. The van der Waals surface area contributed by atoms with Crippen LogP contribution in [0.5, 0.6) is 5.75 Å². The molecule has 0 bridgehead atoms. The quantitative estimate of drug-likeness (QED) is 0.840. The first-order valence-corrected chi connectivity index (χ1v) is 6.90. The number of carbonyl (C=O) groups excluding carboxylic acids is 1. The van der Waals surface area contributed by atoms with Crippen molar-refractivity contribution in [3.63, 3.8) is 0 Å². The van der Waals surface area contributed by atoms with Crippen molar-refractivity contribution in [3.8, 4) is 5.75 Å². The Bertz CT molecular complexity index is 438. The highest BCUT2D eigenvalue weighted by Gasteiger charge is 2.19. The Balaban J connectivity index is 2.45. The molecule has 0 saturated heterocycles. The second kappa shape index (κ2) is 7.29. The third kappa shape index (κ3) is 6.06. The summed E-state index contributed by atoms with van der Waals surface area (Å²) < 4.78 is 5.48. The lowest BCUT2D eigenvalue weighted by Gasteiger charge is -2.25. The van der Waals surface area contributed by atoms with E-state index >= 15 is 0 Å². The highest BCUT2D eigenvalue weighted by Crippen LogP contribution is 2.20. The Labute approximate surface area is 121 Å². The third-order valence-electron chi connectivity index (χ3n) is 2.90. The minimum absolute atomic E-state index is 0.0362. The smallest absolute Gasteiger partial charge is 0.258 e. The van der Waals surface area contributed by atoms with E-state index in [9.17, 15) is 9.90 Å². The van der Waals surface area contributed by atoms with E-state index in [1.54, 1.807) is 0 Å². The number of para-hydroxylation sites is 1. The molecular formula is C16H25NO3. The number of hydrogen-bond donors (Lipinski definition) is 2. The van der Waals surface area contributed by atoms with E-state index in [-0.39, 0.29) is 30.6 Å². The van der Waals surface area contributed by atoms with Gasteiger partial charge in [-0.1, -0.05) is 39.0 Å². The lowest BCUT2D eigenvalue weighted by Crippen LogP contribution is -2.42. The van der Waals surface area contributed by atoms with E-state index in [1.165, 1.54) is 0 Å². The number of aliphatic hydroxyl groups is 1. The number of aryl methyl sites for hydroxylation is 1. The summed E-state index contributed by atoms with van der Waals surface area (Å²) in [4.78, 5) is 11.8. The third-order valence-corrected chi connectivity index (χ3v) is 2.90. The first-order valence-electron chi connectivity index (χ1n) is 6.90. The Hall–Kier alpha value is -1.55. The maximum atomic E-state index is 11.8. The van der Waals surface area contributed by atoms with E-state index in [1.807, 2.05) is 31.2 Å². The van der Waals surface area contributed by atoms with Gasteiger partial charge in [-0.3, -0.25) is 4.79 Å². The van der Waals surface area contributed by atoms with Gasteiger partial charge >= 0.3 is 0 Å². The van der Waals surface area contributed by atoms with Crippen LogP contribution in [0.25, 0.3) is 0 Å². The van der Waals surface area contributed by atoms with E-state index in [2.05, 4.69) is 26.1 Å². The molecule has 1 rings (SSSR count). The first kappa shape index (κ1) is 16.5. The molecule has 1 atom stereocenters. The number of nitrogens with one attached hydrogen (secondary N) is 1. The van der Waals surface area contributed by atoms with Crippen LogP contribution in [0.2, 0.25) is 0 Å². The molecule has 0 spiro atoms. The fraction of sp³-hybridized carbons (Fsp3) is 0.562. The molecule has 0 fully saturated rings. The van der Waals surface area contributed by atoms with Crippen molar-refractivity contribution in [1.82, 2.24) is 5.32 Å². The molecule has 1 amide bonds. The topological polar surface area (TPSA) is 58.6 Å². The highest BCUT2D eigenvalue weighted by atomic mass is 16.5. The monoisotopic (exact) mass is 279 g/mol. The van der Waals surface area contributed by atoms with E-state index in [0.717, 1.165) is 12.0 Å². The number of amides is 1. The maximum Gasteiger partial charge on any atom is 0.258 e. The molecule has 0 radical (unpaired) electrons. The second-order valence-corrected chi connectivity index (χ2v) is 6.27. The van der Waals surface area contributed by atoms with Crippen LogP contribution in [0, 0.1) is 12.3 Å². The van der Waals surface area contributed by atoms with Gasteiger partial charge in [-0.25, -0.2) is 0 Å². The Morgan fingerprint density at radius 2 is 2.00 bits per heavy atom. The normalized spacial score (nSPS) is 12.8. The van der Waals surface area contributed by atoms with Crippen molar-refractivity contribution in [2.75, 3.05) is 13.2 Å². The average Bonchev–Trinajstić information content (AvgIpc) is 2.35. The fourth-order valence-electron chi connectivity index (χ4n) is 2.03. The van der Waals surface area contributed by atoms with Crippen LogP contribution >= 0.6 is 0 Å². The molecule has 112 valence electrons. The van der Waals surface area contributed by atoms with Crippen molar-refractivity contribution in [1.29, 1.82) is 0 Å². The van der Waals surface area contributed by atoms with E-state index in [0.29, 0.717) is 5.75 Å². The molecule has 1 unspecified atom stereocenters. The summed E-state index contributed by atoms with van der Waals surface area (Å²) in [7, 11) is 0. The summed E-state index contributed by atoms with van der Waals surface area (Å²) in [6.07, 6.45) is 0.722. The van der Waals surface area contributed by atoms with Gasteiger partial charge in [0.1, 0.15) is 5.75 Å². The van der Waals surface area contributed by atoms with Gasteiger partial charge in [0.15, 0.2) is 6.61 Å². The molecule has 0 aliphatic carbocycles. The zero-order valence-electron chi connectivity index (χ0n) is 12.8. The summed E-state index contributed by atoms with van der Waals surface area (Å²) in [5, 5.41) is 12.1. The fourth-order valence-corrected chi connectivity index (χ4v) is 2.03. The van der Waals surface area contributed by atoms with Gasteiger partial charge in [0.2, 0.25) is 0 Å². The van der Waals surface area contributed by atoms with Gasteiger partial charge in [-0.15, -0.1) is 0 Å². The van der Waals surface area contributed by atoms with Gasteiger partial charge in [-0.05, 0) is 30.4 Å². The van der Waals surface area contributed by atoms with Gasteiger partial charge < -0.3 is 15.2 Å². The van der Waals surface area contributed by atoms with Gasteiger partial charge in [-0.2, -0.15) is 0 Å². The predicted octanol–water partition coefficient (Wildman–Crippen LogP) is 2.29. The van der Waals surface area contributed by atoms with Gasteiger partial charge in [0.05, 0.1) is 12.6 Å². The van der Waals surface area contributed by atoms with Crippen LogP contribution in [0.15, 0.2) is 24.3 Å². The Kier molecular flexibility index (Phi) is 6.02. The maximum absolute atomic E-state index is 11.8. The number of hydrogen-bond acceptors (Lipinski definition) is 3. The van der Waals surface area contributed by atoms with Crippen molar-refractivity contribution in [3.05, 3.63) is 29.8 Å². The SMILES string of the molecule is Cc1ccccc1OCC(=O)NC(CO)CC(C)(C)C. The number of ether oxygens (including phenoxy) is 1. The molecule has 0 saturated carbocycles. The van der Waals surface area contributed by atoms with Crippen LogP contribution in [-0.2, 0) is 4.79 Å². The predicted molar refractivity (Wildman–Crippen MR) is 79.8 cm³/mol. The molecular weight excluding hydrogens is 254 g/mol. The zero-order valence-corrected chi connectivity index (χ0v) is 12.8. The highest BCUT2D eigenvalue weighted by molar-refractivity contribution is 5.77. The Morgan fingerprint density at radius 3 is 2.55 bits per heavy atom. The molecule has 1 aromatic carbocycles. The Morgan fingerprint density at radius 1 is 1.35 bits per heavy atom. The van der Waals surface area contributed by atoms with Gasteiger partial charge in [0, 0.05) is 0 Å². The van der Waals surface area contributed by atoms with Crippen molar-refractivity contribution >= 4 is 5.91 Å². The van der Waals surface area contributed by atoms with Gasteiger partial charge in [0.25, 0.3) is 5.91 Å². The molecule has 4 heteroatoms. The van der Waals surface area contributed by atoms with Crippen LogP contribution in [0.1, 0.15) is 32.8 Å². The second-order valence-electron chi connectivity index (χ2n) is 6.27. The first-order chi connectivity index (χ1) is 9.31. The lowest BCUT2D eigenvalue weighted by molar-refractivity contribution is -0.124. The minimum Gasteiger partial charge on any atom is -0.484 e. The molecule has 1 aromatic rings. The number of benzene rings is 1. The summed E-state index contributed by atoms with van der Waals surface area (Å²) in [6.45, 7) is 8.06. The molecule has 0 aromatic heterocycles. The van der Waals surface area contributed by atoms with E-state index < -0.39 is 0 Å². The number of aliphatic hydroxyl groups excluding tert-OH is 1. The largest absolute Gasteiger partial charge is 0.484 e. The lowest BCUT2D eigenvalue weighted by atomic mass is 9.88. The zero-order chi connectivity index (χ0) is 15.2. The standard InChI is InChI=1S/C16H25NO3/c1-12-7-5-6-8-14(12)20-11-15(19)17-13(10-18)9-16(2,3)4/h5-8,13,18H,9-11H2,1-4H3,(H,17,19). The van der Waals surface area contributed by atoms with Crippen LogP contribution in [0.3, 0.4) is 0 Å². The summed E-state index contributed by atoms with van der Waals surface area (Å²) in [5.41, 5.74) is 1.05. The molecule has 0 heterocycles.